The van der Waals surface area contributed by atoms with Crippen LogP contribution in [0, 0.1) is 17.0 Å². The lowest BCUT2D eigenvalue weighted by atomic mass is 10.2. The third-order valence-corrected chi connectivity index (χ3v) is 3.98. The van der Waals surface area contributed by atoms with E-state index in [2.05, 4.69) is 17.3 Å². The number of amides is 1. The molecule has 0 aliphatic heterocycles. The molecule has 2 rings (SSSR count). The number of hydrogen-bond acceptors (Lipinski definition) is 4. The molecular weight excluding hydrogens is 344 g/mol. The SMILES string of the molecule is CCCCn1nc(C)c(/C=C/C(=O)Nc2ccc([N+](=O)[O-])cc2)c1Cl. The van der Waals surface area contributed by atoms with Crippen LogP contribution in [0.2, 0.25) is 5.15 Å². The minimum absolute atomic E-state index is 0.0320. The van der Waals surface area contributed by atoms with Crippen molar-refractivity contribution in [2.45, 2.75) is 33.2 Å². The third-order valence-electron chi connectivity index (χ3n) is 3.58. The summed E-state index contributed by atoms with van der Waals surface area (Å²) in [5, 5.41) is 18.1. The second kappa shape index (κ2) is 8.43. The number of hydrogen-bond donors (Lipinski definition) is 1. The molecule has 8 heteroatoms. The molecule has 25 heavy (non-hydrogen) atoms. The first-order valence-electron chi connectivity index (χ1n) is 7.88. The van der Waals surface area contributed by atoms with Crippen molar-refractivity contribution in [1.82, 2.24) is 9.78 Å². The first-order chi connectivity index (χ1) is 11.9. The van der Waals surface area contributed by atoms with Crippen molar-refractivity contribution >= 4 is 35.0 Å². The molecule has 0 spiro atoms. The Bertz CT molecular complexity index is 797. The number of non-ortho nitro benzene ring substituents is 1. The molecule has 0 saturated heterocycles. The lowest BCUT2D eigenvalue weighted by molar-refractivity contribution is -0.384. The maximum atomic E-state index is 12.0. The molecule has 0 aliphatic carbocycles. The zero-order chi connectivity index (χ0) is 18.4. The maximum absolute atomic E-state index is 12.0. The van der Waals surface area contributed by atoms with E-state index in [1.165, 1.54) is 30.3 Å². The summed E-state index contributed by atoms with van der Waals surface area (Å²) >= 11 is 6.31. The topological polar surface area (TPSA) is 90.1 Å². The molecular formula is C17H19ClN4O3. The van der Waals surface area contributed by atoms with Gasteiger partial charge in [0.15, 0.2) is 0 Å². The summed E-state index contributed by atoms with van der Waals surface area (Å²) in [7, 11) is 0. The fourth-order valence-electron chi connectivity index (χ4n) is 2.22. The molecule has 7 nitrogen and oxygen atoms in total. The minimum Gasteiger partial charge on any atom is -0.323 e. The molecule has 0 bridgehead atoms. The number of anilines is 1. The van der Waals surface area contributed by atoms with Crippen molar-refractivity contribution in [3.63, 3.8) is 0 Å². The number of aryl methyl sites for hydroxylation is 2. The molecule has 0 atom stereocenters. The standard InChI is InChI=1S/C17H19ClN4O3/c1-3-4-11-21-17(18)15(12(2)20-21)9-10-16(23)19-13-5-7-14(8-6-13)22(24)25/h5-10H,3-4,11H2,1-2H3,(H,19,23)/b10-9+. The van der Waals surface area contributed by atoms with E-state index in [-0.39, 0.29) is 11.6 Å². The number of rotatable bonds is 7. The highest BCUT2D eigenvalue weighted by Gasteiger charge is 2.11. The van der Waals surface area contributed by atoms with E-state index in [0.717, 1.165) is 25.1 Å². The lowest BCUT2D eigenvalue weighted by Gasteiger charge is -2.02. The van der Waals surface area contributed by atoms with Gasteiger partial charge >= 0.3 is 0 Å². The minimum atomic E-state index is -0.494. The van der Waals surface area contributed by atoms with Gasteiger partial charge in [-0.3, -0.25) is 19.6 Å². The highest BCUT2D eigenvalue weighted by Crippen LogP contribution is 2.22. The summed E-state index contributed by atoms with van der Waals surface area (Å²) in [5.74, 6) is -0.356. The third kappa shape index (κ3) is 4.90. The van der Waals surface area contributed by atoms with E-state index < -0.39 is 4.92 Å². The van der Waals surface area contributed by atoms with Crippen molar-refractivity contribution in [3.8, 4) is 0 Å². The Morgan fingerprint density at radius 3 is 2.68 bits per heavy atom. The number of nitrogens with one attached hydrogen (secondary N) is 1. The van der Waals surface area contributed by atoms with Gasteiger partial charge in [0, 0.05) is 36.0 Å². The predicted molar refractivity (Wildman–Crippen MR) is 97.6 cm³/mol. The van der Waals surface area contributed by atoms with E-state index in [1.54, 1.807) is 10.8 Å². The van der Waals surface area contributed by atoms with Gasteiger partial charge in [-0.1, -0.05) is 24.9 Å². The number of carbonyl (C=O) groups excluding carboxylic acids is 1. The Morgan fingerprint density at radius 1 is 1.40 bits per heavy atom. The zero-order valence-electron chi connectivity index (χ0n) is 14.0. The van der Waals surface area contributed by atoms with E-state index in [9.17, 15) is 14.9 Å². The molecule has 1 heterocycles. The van der Waals surface area contributed by atoms with Crippen LogP contribution in [0.1, 0.15) is 31.0 Å². The van der Waals surface area contributed by atoms with Crippen molar-refractivity contribution in [1.29, 1.82) is 0 Å². The fraction of sp³-hybridized carbons (Fsp3) is 0.294. The van der Waals surface area contributed by atoms with Crippen LogP contribution in [0.3, 0.4) is 0 Å². The van der Waals surface area contributed by atoms with Crippen LogP contribution in [0.25, 0.3) is 6.08 Å². The Hall–Kier alpha value is -2.67. The van der Waals surface area contributed by atoms with Gasteiger partial charge in [0.05, 0.1) is 10.6 Å². The smallest absolute Gasteiger partial charge is 0.269 e. The Kier molecular flexibility index (Phi) is 6.30. The van der Waals surface area contributed by atoms with Gasteiger partial charge in [-0.15, -0.1) is 0 Å². The molecule has 0 radical (unpaired) electrons. The van der Waals surface area contributed by atoms with Gasteiger partial charge < -0.3 is 5.32 Å². The first-order valence-corrected chi connectivity index (χ1v) is 8.26. The predicted octanol–water partition coefficient (Wildman–Crippen LogP) is 4.21. The van der Waals surface area contributed by atoms with Gasteiger partial charge in [0.2, 0.25) is 5.91 Å². The normalized spacial score (nSPS) is 11.0. The summed E-state index contributed by atoms with van der Waals surface area (Å²) in [6.07, 6.45) is 5.00. The second-order valence-electron chi connectivity index (χ2n) is 5.49. The van der Waals surface area contributed by atoms with Crippen LogP contribution < -0.4 is 5.32 Å². The zero-order valence-corrected chi connectivity index (χ0v) is 14.8. The molecule has 0 aliphatic rings. The lowest BCUT2D eigenvalue weighted by Crippen LogP contribution is -2.07. The van der Waals surface area contributed by atoms with Crippen LogP contribution in [-0.2, 0) is 11.3 Å². The highest BCUT2D eigenvalue weighted by molar-refractivity contribution is 6.31. The van der Waals surface area contributed by atoms with Crippen LogP contribution in [0.5, 0.6) is 0 Å². The van der Waals surface area contributed by atoms with Crippen molar-refractivity contribution < 1.29 is 9.72 Å². The molecule has 1 aromatic carbocycles. The quantitative estimate of drug-likeness (QED) is 0.454. The molecule has 0 fully saturated rings. The average Bonchev–Trinajstić information content (AvgIpc) is 2.85. The molecule has 1 N–H and O–H groups in total. The number of benzene rings is 1. The molecule has 0 saturated carbocycles. The van der Waals surface area contributed by atoms with Crippen LogP contribution >= 0.6 is 11.6 Å². The number of aromatic nitrogens is 2. The number of nitrogens with zero attached hydrogens (tertiary/aromatic N) is 3. The van der Waals surface area contributed by atoms with Gasteiger partial charge in [-0.2, -0.15) is 5.10 Å². The average molecular weight is 363 g/mol. The fourth-order valence-corrected chi connectivity index (χ4v) is 2.54. The van der Waals surface area contributed by atoms with Gasteiger partial charge in [0.1, 0.15) is 5.15 Å². The van der Waals surface area contributed by atoms with Crippen molar-refractivity contribution in [2.24, 2.45) is 0 Å². The van der Waals surface area contributed by atoms with Crippen molar-refractivity contribution in [2.75, 3.05) is 5.32 Å². The van der Waals surface area contributed by atoms with Gasteiger partial charge in [0.25, 0.3) is 5.69 Å². The Balaban J connectivity index is 2.05. The van der Waals surface area contributed by atoms with E-state index in [4.69, 9.17) is 11.6 Å². The molecule has 1 aromatic heterocycles. The van der Waals surface area contributed by atoms with Crippen LogP contribution in [0.4, 0.5) is 11.4 Å². The molecule has 1 amide bonds. The van der Waals surface area contributed by atoms with Crippen LogP contribution in [0.15, 0.2) is 30.3 Å². The molecule has 0 unspecified atom stereocenters. The summed E-state index contributed by atoms with van der Waals surface area (Å²) in [6, 6.07) is 5.62. The summed E-state index contributed by atoms with van der Waals surface area (Å²) < 4.78 is 1.73. The first kappa shape index (κ1) is 18.7. The number of unbranched alkanes of at least 4 members (excludes halogenated alkanes) is 1. The molecule has 2 aromatic rings. The maximum Gasteiger partial charge on any atom is 0.269 e. The summed E-state index contributed by atoms with van der Waals surface area (Å²) in [5.41, 5.74) is 1.90. The largest absolute Gasteiger partial charge is 0.323 e. The number of carbonyl (C=O) groups is 1. The van der Waals surface area contributed by atoms with E-state index in [0.29, 0.717) is 16.4 Å². The van der Waals surface area contributed by atoms with E-state index >= 15 is 0 Å². The number of nitro groups is 1. The van der Waals surface area contributed by atoms with Gasteiger partial charge in [-0.25, -0.2) is 0 Å². The number of halogens is 1. The highest BCUT2D eigenvalue weighted by atomic mass is 35.5. The monoisotopic (exact) mass is 362 g/mol. The summed E-state index contributed by atoms with van der Waals surface area (Å²) in [4.78, 5) is 22.1. The van der Waals surface area contributed by atoms with Gasteiger partial charge in [-0.05, 0) is 31.6 Å². The van der Waals surface area contributed by atoms with E-state index in [1.807, 2.05) is 6.92 Å². The number of nitro benzene ring substituents is 1. The Labute approximate surface area is 150 Å². The molecule has 132 valence electrons. The Morgan fingerprint density at radius 2 is 2.08 bits per heavy atom. The second-order valence-corrected chi connectivity index (χ2v) is 5.85. The van der Waals surface area contributed by atoms with Crippen molar-refractivity contribution in [3.05, 3.63) is 56.9 Å². The summed E-state index contributed by atoms with van der Waals surface area (Å²) in [6.45, 7) is 4.66. The van der Waals surface area contributed by atoms with Crippen LogP contribution in [-0.4, -0.2) is 20.6 Å².